The molecule has 1 aromatic heterocycles. The molecule has 38 heavy (non-hydrogen) atoms. The number of hydrogen-bond donors (Lipinski definition) is 1. The number of benzene rings is 2. The highest BCUT2D eigenvalue weighted by atomic mass is 16.5. The minimum Gasteiger partial charge on any atom is -0.489 e. The molecule has 0 spiro atoms. The maximum Gasteiger partial charge on any atom is 0.147 e. The first-order chi connectivity index (χ1) is 18.5. The van der Waals surface area contributed by atoms with Crippen LogP contribution in [0.15, 0.2) is 121 Å². The van der Waals surface area contributed by atoms with Gasteiger partial charge in [0.2, 0.25) is 0 Å². The number of ether oxygens (including phenoxy) is 2. The van der Waals surface area contributed by atoms with Crippen LogP contribution in [0.1, 0.15) is 29.2 Å². The molecule has 0 aliphatic carbocycles. The monoisotopic (exact) mass is 498 g/mol. The van der Waals surface area contributed by atoms with Crippen LogP contribution in [0.25, 0.3) is 5.57 Å². The summed E-state index contributed by atoms with van der Waals surface area (Å²) in [6, 6.07) is 18.5. The predicted molar refractivity (Wildman–Crippen MR) is 155 cm³/mol. The Hall–Kier alpha value is -4.59. The average molecular weight is 499 g/mol. The smallest absolute Gasteiger partial charge is 0.147 e. The summed E-state index contributed by atoms with van der Waals surface area (Å²) in [5, 5.41) is 3.48. The van der Waals surface area contributed by atoms with Crippen LogP contribution in [0.4, 0.5) is 5.69 Å². The number of anilines is 1. The molecule has 0 saturated heterocycles. The Labute approximate surface area is 224 Å². The molecule has 1 N–H and O–H groups in total. The van der Waals surface area contributed by atoms with E-state index in [1.54, 1.807) is 19.4 Å². The number of pyridine rings is 1. The van der Waals surface area contributed by atoms with Crippen molar-refractivity contribution in [3.63, 3.8) is 0 Å². The summed E-state index contributed by atoms with van der Waals surface area (Å²) in [7, 11) is 1.69. The highest BCUT2D eigenvalue weighted by Gasteiger charge is 2.36. The van der Waals surface area contributed by atoms with E-state index in [2.05, 4.69) is 77.9 Å². The normalized spacial score (nSPS) is 22.6. The number of terminal acetylenes is 1. The van der Waals surface area contributed by atoms with E-state index in [0.717, 1.165) is 56.0 Å². The standard InChI is InChI=1S/C34H30N2O2/c1-6-10-26-17-25(23(3)4)22-38-29-13-8-11-24(18-29)30-20-33(37-5)36-32-15-14-27(19-31(30)32)34(26,7-2)28-12-9-16-35-21-28/h1,7-21,33,36H,2-3,22H2,4-5H3/b25-17-,26-10+. The SMILES string of the molecule is C#C/C=C1\C=C(/C(=C)C)COc2cccc(c2)C2=CC(OC)Nc3ccc(cc32)C1(C=C)c1cccnc1. The Morgan fingerprint density at radius 2 is 2.08 bits per heavy atom. The van der Waals surface area contributed by atoms with E-state index < -0.39 is 5.41 Å². The van der Waals surface area contributed by atoms with E-state index in [4.69, 9.17) is 15.9 Å². The molecule has 2 unspecified atom stereocenters. The Morgan fingerprint density at radius 1 is 1.21 bits per heavy atom. The molecule has 0 radical (unpaired) electrons. The zero-order valence-corrected chi connectivity index (χ0v) is 21.7. The van der Waals surface area contributed by atoms with Gasteiger partial charge in [0.25, 0.3) is 0 Å². The lowest BCUT2D eigenvalue weighted by Crippen LogP contribution is -2.29. The van der Waals surface area contributed by atoms with E-state index in [9.17, 15) is 0 Å². The van der Waals surface area contributed by atoms with Crippen LogP contribution in [0.2, 0.25) is 0 Å². The summed E-state index contributed by atoms with van der Waals surface area (Å²) in [5.41, 5.74) is 7.99. The second-order valence-electron chi connectivity index (χ2n) is 9.43. The van der Waals surface area contributed by atoms with Crippen molar-refractivity contribution in [3.05, 3.63) is 143 Å². The summed E-state index contributed by atoms with van der Waals surface area (Å²) in [4.78, 5) is 4.45. The Kier molecular flexibility index (Phi) is 6.87. The molecule has 0 saturated carbocycles. The summed E-state index contributed by atoms with van der Waals surface area (Å²) in [5.74, 6) is 3.53. The first-order valence-electron chi connectivity index (χ1n) is 12.5. The third-order valence-corrected chi connectivity index (χ3v) is 7.17. The van der Waals surface area contributed by atoms with E-state index >= 15 is 0 Å². The molecule has 0 fully saturated rings. The van der Waals surface area contributed by atoms with Crippen LogP contribution in [-0.2, 0) is 10.2 Å². The lowest BCUT2D eigenvalue weighted by molar-refractivity contribution is 0.162. The molecule has 5 rings (SSSR count). The van der Waals surface area contributed by atoms with Gasteiger partial charge in [0, 0.05) is 30.8 Å². The maximum atomic E-state index is 6.30. The third-order valence-electron chi connectivity index (χ3n) is 7.17. The number of hydrogen-bond acceptors (Lipinski definition) is 4. The molecule has 2 aliphatic heterocycles. The second-order valence-corrected chi connectivity index (χ2v) is 9.43. The van der Waals surface area contributed by atoms with Crippen LogP contribution < -0.4 is 10.1 Å². The predicted octanol–water partition coefficient (Wildman–Crippen LogP) is 6.84. The third kappa shape index (κ3) is 4.38. The number of fused-ring (bicyclic) bond motifs is 4. The number of methoxy groups -OCH3 is 1. The highest BCUT2D eigenvalue weighted by Crippen LogP contribution is 2.45. The average Bonchev–Trinajstić information content (AvgIpc) is 2.95. The molecule has 2 atom stereocenters. The fourth-order valence-electron chi connectivity index (χ4n) is 5.15. The molecule has 188 valence electrons. The largest absolute Gasteiger partial charge is 0.489 e. The van der Waals surface area contributed by atoms with Crippen molar-refractivity contribution in [1.82, 2.24) is 4.98 Å². The fraction of sp³-hybridized carbons (Fsp3) is 0.147. The minimum absolute atomic E-state index is 0.264. The van der Waals surface area contributed by atoms with Crippen LogP contribution in [-0.4, -0.2) is 24.9 Å². The number of nitrogens with one attached hydrogen (secondary N) is 1. The quantitative estimate of drug-likeness (QED) is 0.316. The van der Waals surface area contributed by atoms with Gasteiger partial charge in [-0.3, -0.25) is 4.98 Å². The molecule has 4 bridgehead atoms. The van der Waals surface area contributed by atoms with Crippen LogP contribution in [0.3, 0.4) is 0 Å². The zero-order chi connectivity index (χ0) is 26.7. The Morgan fingerprint density at radius 3 is 2.79 bits per heavy atom. The van der Waals surface area contributed by atoms with Crippen LogP contribution >= 0.6 is 0 Å². The van der Waals surface area contributed by atoms with Gasteiger partial charge in [0.05, 0.1) is 5.41 Å². The molecule has 4 heteroatoms. The Balaban J connectivity index is 1.89. The first kappa shape index (κ1) is 25.1. The molecule has 3 aromatic rings. The lowest BCUT2D eigenvalue weighted by Gasteiger charge is -2.35. The van der Waals surface area contributed by atoms with Gasteiger partial charge in [0.15, 0.2) is 0 Å². The lowest BCUT2D eigenvalue weighted by atomic mass is 9.68. The topological polar surface area (TPSA) is 43.4 Å². The second kappa shape index (κ2) is 10.4. The molecular weight excluding hydrogens is 468 g/mol. The zero-order valence-electron chi connectivity index (χ0n) is 21.7. The highest BCUT2D eigenvalue weighted by molar-refractivity contribution is 5.89. The van der Waals surface area contributed by atoms with Crippen LogP contribution in [0, 0.1) is 12.3 Å². The van der Waals surface area contributed by atoms with Crippen LogP contribution in [0.5, 0.6) is 5.75 Å². The van der Waals surface area contributed by atoms with Crippen molar-refractivity contribution in [3.8, 4) is 18.1 Å². The number of nitrogens with zero attached hydrogens (tertiary/aromatic N) is 1. The summed E-state index contributed by atoms with van der Waals surface area (Å²) in [6.07, 6.45) is 17.2. The summed E-state index contributed by atoms with van der Waals surface area (Å²) in [6.45, 7) is 10.9. The van der Waals surface area contributed by atoms with Gasteiger partial charge in [-0.2, -0.15) is 0 Å². The van der Waals surface area contributed by atoms with Crippen molar-refractivity contribution in [2.75, 3.05) is 19.0 Å². The van der Waals surface area contributed by atoms with E-state index in [-0.39, 0.29) is 6.23 Å². The summed E-state index contributed by atoms with van der Waals surface area (Å²) >= 11 is 0. The number of allylic oxidation sites excluding steroid dienone is 4. The molecule has 4 nitrogen and oxygen atoms in total. The van der Waals surface area contributed by atoms with Gasteiger partial charge in [-0.1, -0.05) is 48.4 Å². The van der Waals surface area contributed by atoms with Gasteiger partial charge < -0.3 is 14.8 Å². The fourth-order valence-corrected chi connectivity index (χ4v) is 5.15. The number of rotatable bonds is 4. The van der Waals surface area contributed by atoms with Crippen molar-refractivity contribution in [2.45, 2.75) is 18.6 Å². The van der Waals surface area contributed by atoms with E-state index in [1.807, 2.05) is 37.4 Å². The molecule has 3 heterocycles. The van der Waals surface area contributed by atoms with Gasteiger partial charge in [-0.25, -0.2) is 0 Å². The van der Waals surface area contributed by atoms with Gasteiger partial charge in [-0.15, -0.1) is 13.0 Å². The minimum atomic E-state index is -0.786. The van der Waals surface area contributed by atoms with E-state index in [0.29, 0.717) is 6.61 Å². The van der Waals surface area contributed by atoms with Gasteiger partial charge >= 0.3 is 0 Å². The summed E-state index contributed by atoms with van der Waals surface area (Å²) < 4.78 is 12.0. The molecular formula is C34H30N2O2. The van der Waals surface area contributed by atoms with Gasteiger partial charge in [0.1, 0.15) is 18.6 Å². The first-order valence-corrected chi connectivity index (χ1v) is 12.5. The van der Waals surface area contributed by atoms with E-state index in [1.165, 1.54) is 0 Å². The Bertz CT molecular complexity index is 1540. The van der Waals surface area contributed by atoms with Crippen molar-refractivity contribution >= 4 is 11.3 Å². The van der Waals surface area contributed by atoms with Crippen molar-refractivity contribution in [2.24, 2.45) is 0 Å². The molecule has 0 amide bonds. The molecule has 2 aliphatic rings. The van der Waals surface area contributed by atoms with Crippen molar-refractivity contribution < 1.29 is 9.47 Å². The maximum absolute atomic E-state index is 6.30. The molecule has 2 aromatic carbocycles. The van der Waals surface area contributed by atoms with Crippen molar-refractivity contribution in [1.29, 1.82) is 0 Å². The number of aromatic nitrogens is 1. The van der Waals surface area contributed by atoms with Gasteiger partial charge in [-0.05, 0) is 88.9 Å².